The first-order chi connectivity index (χ1) is 16.9. The number of benzene rings is 3. The molecule has 1 aromatic heterocycles. The molecule has 1 saturated heterocycles. The number of primary amides is 1. The average Bonchev–Trinajstić information content (AvgIpc) is 3.45. The molecule has 4 aromatic rings. The average molecular weight is 472 g/mol. The molecule has 0 bridgehead atoms. The molecule has 6 rings (SSSR count). The lowest BCUT2D eigenvalue weighted by molar-refractivity contribution is -0.125. The van der Waals surface area contributed by atoms with E-state index in [0.717, 1.165) is 16.5 Å². The first kappa shape index (κ1) is 21.5. The Morgan fingerprint density at radius 1 is 0.943 bits per heavy atom. The molecule has 1 aliphatic carbocycles. The molecule has 0 radical (unpaired) electrons. The van der Waals surface area contributed by atoms with Crippen molar-refractivity contribution >= 4 is 28.4 Å². The van der Waals surface area contributed by atoms with Crippen LogP contribution in [0.25, 0.3) is 16.6 Å². The largest absolute Gasteiger partial charge is 0.369 e. The summed E-state index contributed by atoms with van der Waals surface area (Å²) in [6.45, 7) is 0. The Hall–Kier alpha value is -4.07. The van der Waals surface area contributed by atoms with Crippen molar-refractivity contribution in [2.45, 2.75) is 25.3 Å². The number of fused-ring (bicyclic) bond motifs is 1. The van der Waals surface area contributed by atoms with Crippen molar-refractivity contribution in [2.24, 2.45) is 17.1 Å². The summed E-state index contributed by atoms with van der Waals surface area (Å²) in [5.41, 5.74) is 8.01. The van der Waals surface area contributed by atoms with Crippen LogP contribution in [0.1, 0.15) is 30.9 Å². The zero-order chi connectivity index (χ0) is 24.3. The summed E-state index contributed by atoms with van der Waals surface area (Å²) in [7, 11) is 0. The van der Waals surface area contributed by atoms with Gasteiger partial charge in [0.2, 0.25) is 11.8 Å². The predicted octanol–water partition coefficient (Wildman–Crippen LogP) is 4.66. The van der Waals surface area contributed by atoms with Crippen LogP contribution in [0.4, 0.5) is 14.5 Å². The number of carbonyl (C=O) groups is 2. The number of hydrogen-bond acceptors (Lipinski definition) is 3. The van der Waals surface area contributed by atoms with E-state index in [9.17, 15) is 18.4 Å². The maximum Gasteiger partial charge on any atom is 0.227 e. The quantitative estimate of drug-likeness (QED) is 0.459. The number of aromatic nitrogens is 2. The van der Waals surface area contributed by atoms with Crippen LogP contribution in [-0.4, -0.2) is 21.6 Å². The number of carbonyl (C=O) groups excluding carboxylic acids is 2. The molecule has 2 amide bonds. The highest BCUT2D eigenvalue weighted by Crippen LogP contribution is 2.61. The Balaban J connectivity index is 1.43. The van der Waals surface area contributed by atoms with Gasteiger partial charge in [-0.15, -0.1) is 0 Å². The molecule has 8 heteroatoms. The molecule has 0 spiro atoms. The van der Waals surface area contributed by atoms with Gasteiger partial charge in [0.15, 0.2) is 0 Å². The van der Waals surface area contributed by atoms with E-state index in [4.69, 9.17) is 5.73 Å². The lowest BCUT2D eigenvalue weighted by Gasteiger charge is -2.32. The second-order valence-corrected chi connectivity index (χ2v) is 9.37. The first-order valence-corrected chi connectivity index (χ1v) is 11.5. The maximum absolute atomic E-state index is 13.7. The van der Waals surface area contributed by atoms with E-state index in [0.29, 0.717) is 24.2 Å². The smallest absolute Gasteiger partial charge is 0.227 e. The van der Waals surface area contributed by atoms with Gasteiger partial charge in [-0.25, -0.2) is 13.5 Å². The normalized spacial score (nSPS) is 21.0. The summed E-state index contributed by atoms with van der Waals surface area (Å²) in [6, 6.07) is 17.3. The van der Waals surface area contributed by atoms with Gasteiger partial charge in [0.25, 0.3) is 0 Å². The fourth-order valence-electron chi connectivity index (χ4n) is 5.47. The monoisotopic (exact) mass is 472 g/mol. The molecule has 3 aromatic carbocycles. The maximum atomic E-state index is 13.7. The van der Waals surface area contributed by atoms with Crippen molar-refractivity contribution in [1.82, 2.24) is 9.78 Å². The van der Waals surface area contributed by atoms with Crippen molar-refractivity contribution in [3.8, 4) is 5.69 Å². The zero-order valence-corrected chi connectivity index (χ0v) is 18.7. The van der Waals surface area contributed by atoms with Crippen LogP contribution < -0.4 is 10.6 Å². The summed E-state index contributed by atoms with van der Waals surface area (Å²) in [4.78, 5) is 27.5. The van der Waals surface area contributed by atoms with E-state index in [-0.39, 0.29) is 35.8 Å². The van der Waals surface area contributed by atoms with Crippen LogP contribution in [0.15, 0.2) is 72.9 Å². The van der Waals surface area contributed by atoms with E-state index in [1.165, 1.54) is 24.3 Å². The summed E-state index contributed by atoms with van der Waals surface area (Å²) < 4.78 is 28.8. The first-order valence-electron chi connectivity index (χ1n) is 11.5. The number of hydrogen-bond donors (Lipinski definition) is 1. The van der Waals surface area contributed by atoms with Gasteiger partial charge in [-0.1, -0.05) is 12.1 Å². The molecule has 2 aliphatic rings. The zero-order valence-electron chi connectivity index (χ0n) is 18.7. The van der Waals surface area contributed by atoms with Crippen LogP contribution in [0, 0.1) is 23.0 Å². The van der Waals surface area contributed by atoms with Crippen LogP contribution in [0.5, 0.6) is 0 Å². The van der Waals surface area contributed by atoms with Gasteiger partial charge in [0, 0.05) is 23.4 Å². The van der Waals surface area contributed by atoms with Crippen LogP contribution in [-0.2, 0) is 9.59 Å². The second kappa shape index (κ2) is 7.73. The topological polar surface area (TPSA) is 81.2 Å². The summed E-state index contributed by atoms with van der Waals surface area (Å²) in [5, 5.41) is 5.25. The third-order valence-corrected chi connectivity index (χ3v) is 7.42. The molecule has 1 saturated carbocycles. The van der Waals surface area contributed by atoms with E-state index >= 15 is 0 Å². The van der Waals surface area contributed by atoms with Crippen molar-refractivity contribution < 1.29 is 18.4 Å². The highest BCUT2D eigenvalue weighted by atomic mass is 19.1. The molecule has 2 atom stereocenters. The van der Waals surface area contributed by atoms with Gasteiger partial charge in [0.05, 0.1) is 28.9 Å². The number of anilines is 1. The van der Waals surface area contributed by atoms with Crippen molar-refractivity contribution in [3.05, 3.63) is 90.1 Å². The fourth-order valence-corrected chi connectivity index (χ4v) is 5.47. The van der Waals surface area contributed by atoms with Crippen LogP contribution >= 0.6 is 0 Å². The minimum atomic E-state index is -0.721. The van der Waals surface area contributed by atoms with E-state index < -0.39 is 11.5 Å². The summed E-state index contributed by atoms with van der Waals surface area (Å²) >= 11 is 0. The van der Waals surface area contributed by atoms with Gasteiger partial charge in [-0.05, 0) is 73.0 Å². The third-order valence-electron chi connectivity index (χ3n) is 7.42. The minimum absolute atomic E-state index is 0.109. The number of rotatable bonds is 5. The Bertz CT molecular complexity index is 1460. The molecule has 2 N–H and O–H groups in total. The van der Waals surface area contributed by atoms with Gasteiger partial charge in [-0.3, -0.25) is 9.59 Å². The predicted molar refractivity (Wildman–Crippen MR) is 127 cm³/mol. The van der Waals surface area contributed by atoms with Crippen LogP contribution in [0.2, 0.25) is 0 Å². The molecule has 1 aliphatic heterocycles. The number of nitrogens with zero attached hydrogens (tertiary/aromatic N) is 3. The number of amides is 2. The molecule has 0 unspecified atom stereocenters. The van der Waals surface area contributed by atoms with Crippen molar-refractivity contribution in [1.29, 1.82) is 0 Å². The Kier molecular flexibility index (Phi) is 4.74. The molecule has 2 fully saturated rings. The third kappa shape index (κ3) is 3.39. The summed E-state index contributed by atoms with van der Waals surface area (Å²) in [6.07, 6.45) is 3.18. The molecular formula is C27H22F2N4O2. The van der Waals surface area contributed by atoms with Gasteiger partial charge in [0.1, 0.15) is 11.6 Å². The van der Waals surface area contributed by atoms with Crippen LogP contribution in [0.3, 0.4) is 0 Å². The Morgan fingerprint density at radius 3 is 2.20 bits per heavy atom. The van der Waals surface area contributed by atoms with Gasteiger partial charge in [-0.2, -0.15) is 5.10 Å². The SMILES string of the molecule is NC(=O)C1([C@@H]2CC(=O)N(c3ccc4c(cnn4-c4ccc(F)cc4)c3)[C@H]2c2ccc(F)cc2)CC1. The van der Waals surface area contributed by atoms with Crippen molar-refractivity contribution in [2.75, 3.05) is 4.90 Å². The van der Waals surface area contributed by atoms with E-state index in [1.807, 2.05) is 18.2 Å². The molecule has 6 nitrogen and oxygen atoms in total. The molecule has 176 valence electrons. The number of halogens is 2. The lowest BCUT2D eigenvalue weighted by Crippen LogP contribution is -2.36. The van der Waals surface area contributed by atoms with Gasteiger partial charge < -0.3 is 10.6 Å². The van der Waals surface area contributed by atoms with Crippen molar-refractivity contribution in [3.63, 3.8) is 0 Å². The summed E-state index contributed by atoms with van der Waals surface area (Å²) in [5.74, 6) is -1.49. The van der Waals surface area contributed by atoms with Gasteiger partial charge >= 0.3 is 0 Å². The molecular weight excluding hydrogens is 450 g/mol. The molecule has 35 heavy (non-hydrogen) atoms. The van der Waals surface area contributed by atoms with E-state index in [2.05, 4.69) is 5.10 Å². The Labute approximate surface area is 199 Å². The highest BCUT2D eigenvalue weighted by molar-refractivity contribution is 6.00. The fraction of sp³-hybridized carbons (Fsp3) is 0.222. The number of nitrogens with two attached hydrogens (primary N) is 1. The standard InChI is InChI=1S/C27H22F2N4O2/c28-18-3-1-16(2-4-18)25-22(27(11-12-27)26(30)35)14-24(34)32(25)21-9-10-23-17(13-21)15-31-33(23)20-7-5-19(29)6-8-20/h1-10,13,15,22,25H,11-12,14H2,(H2,30,35)/t22-,25+/m1/s1. The highest BCUT2D eigenvalue weighted by Gasteiger charge is 2.61. The Morgan fingerprint density at radius 2 is 1.57 bits per heavy atom. The molecule has 2 heterocycles. The minimum Gasteiger partial charge on any atom is -0.369 e. The lowest BCUT2D eigenvalue weighted by atomic mass is 9.79. The van der Waals surface area contributed by atoms with E-state index in [1.54, 1.807) is 40.0 Å². The second-order valence-electron chi connectivity index (χ2n) is 9.37.